The van der Waals surface area contributed by atoms with Crippen molar-refractivity contribution in [2.24, 2.45) is 28.9 Å². The second-order valence-corrected chi connectivity index (χ2v) is 9.45. The highest BCUT2D eigenvalue weighted by Gasteiger charge is 2.54. The Kier molecular flexibility index (Phi) is 4.75. The van der Waals surface area contributed by atoms with Crippen molar-refractivity contribution in [2.75, 3.05) is 17.2 Å². The van der Waals surface area contributed by atoms with E-state index < -0.39 is 0 Å². The molecule has 4 bridgehead atoms. The first-order valence-corrected chi connectivity index (χ1v) is 10.8. The molecule has 0 radical (unpaired) electrons. The molecule has 7 heteroatoms. The lowest BCUT2D eigenvalue weighted by Gasteiger charge is -2.59. The molecule has 2 aromatic rings. The van der Waals surface area contributed by atoms with Gasteiger partial charge in [0.05, 0.1) is 6.20 Å². The van der Waals surface area contributed by atoms with Crippen LogP contribution in [0.2, 0.25) is 0 Å². The van der Waals surface area contributed by atoms with Gasteiger partial charge in [-0.2, -0.15) is 10.2 Å². The number of phenolic OH excluding ortho intramolecular Hbond substituents is 1. The van der Waals surface area contributed by atoms with Crippen LogP contribution in [0.3, 0.4) is 0 Å². The van der Waals surface area contributed by atoms with Crippen molar-refractivity contribution in [2.45, 2.75) is 44.7 Å². The maximum atomic E-state index is 9.93. The lowest BCUT2D eigenvalue weighted by atomic mass is 9.48. The summed E-state index contributed by atoms with van der Waals surface area (Å²) in [6, 6.07) is 9.73. The largest absolute Gasteiger partial charge is 0.508 e. The van der Waals surface area contributed by atoms with Crippen molar-refractivity contribution >= 4 is 11.8 Å². The summed E-state index contributed by atoms with van der Waals surface area (Å²) in [5, 5.41) is 26.1. The van der Waals surface area contributed by atoms with Crippen molar-refractivity contribution in [3.8, 4) is 11.8 Å². The van der Waals surface area contributed by atoms with Gasteiger partial charge in [0.1, 0.15) is 23.2 Å². The zero-order valence-corrected chi connectivity index (χ0v) is 17.0. The maximum Gasteiger partial charge on any atom is 0.224 e. The van der Waals surface area contributed by atoms with Gasteiger partial charge in [-0.3, -0.25) is 0 Å². The van der Waals surface area contributed by atoms with Crippen LogP contribution >= 0.6 is 0 Å². The fourth-order valence-corrected chi connectivity index (χ4v) is 6.24. The number of nitriles is 1. The summed E-state index contributed by atoms with van der Waals surface area (Å²) in [5.74, 6) is 3.35. The SMILES string of the molecule is N#Cc1cnc(NCc2ccccc2O)nc1NC[C@]12CC3C[C@H](C1)[C@@H](N)[C@@H](C3)C2. The highest BCUT2D eigenvalue weighted by atomic mass is 16.3. The predicted octanol–water partition coefficient (Wildman–Crippen LogP) is 3.23. The first-order chi connectivity index (χ1) is 14.5. The van der Waals surface area contributed by atoms with E-state index in [0.29, 0.717) is 41.8 Å². The molecule has 0 spiro atoms. The van der Waals surface area contributed by atoms with Crippen molar-refractivity contribution in [1.29, 1.82) is 5.26 Å². The molecule has 4 fully saturated rings. The summed E-state index contributed by atoms with van der Waals surface area (Å²) in [6.45, 7) is 1.23. The predicted molar refractivity (Wildman–Crippen MR) is 115 cm³/mol. The van der Waals surface area contributed by atoms with Crippen LogP contribution in [0, 0.1) is 34.5 Å². The van der Waals surface area contributed by atoms with Crippen molar-refractivity contribution in [3.05, 3.63) is 41.6 Å². The molecule has 1 unspecified atom stereocenters. The van der Waals surface area contributed by atoms with Gasteiger partial charge in [0.15, 0.2) is 0 Å². The lowest BCUT2D eigenvalue weighted by molar-refractivity contribution is -0.0591. The van der Waals surface area contributed by atoms with Gasteiger partial charge >= 0.3 is 0 Å². The smallest absolute Gasteiger partial charge is 0.224 e. The summed E-state index contributed by atoms with van der Waals surface area (Å²) in [5.41, 5.74) is 7.97. The molecule has 0 saturated heterocycles. The van der Waals surface area contributed by atoms with Gasteiger partial charge in [-0.1, -0.05) is 18.2 Å². The number of phenols is 1. The Morgan fingerprint density at radius 2 is 1.93 bits per heavy atom. The van der Waals surface area contributed by atoms with Crippen LogP contribution in [0.5, 0.6) is 5.75 Å². The minimum absolute atomic E-state index is 0.233. The highest BCUT2D eigenvalue weighted by Crippen LogP contribution is 2.59. The molecule has 4 aliphatic carbocycles. The average Bonchev–Trinajstić information content (AvgIpc) is 2.75. The third-order valence-corrected chi connectivity index (χ3v) is 7.44. The molecule has 30 heavy (non-hydrogen) atoms. The molecular weight excluding hydrogens is 376 g/mol. The normalized spacial score (nSPS) is 31.3. The van der Waals surface area contributed by atoms with Crippen molar-refractivity contribution in [3.63, 3.8) is 0 Å². The molecular formula is C23H28N6O. The van der Waals surface area contributed by atoms with E-state index in [1.54, 1.807) is 18.3 Å². The number of nitrogens with one attached hydrogen (secondary N) is 2. The summed E-state index contributed by atoms with van der Waals surface area (Å²) in [7, 11) is 0. The topological polar surface area (TPSA) is 120 Å². The van der Waals surface area contributed by atoms with Crippen LogP contribution in [-0.4, -0.2) is 27.7 Å². The molecule has 7 nitrogen and oxygen atoms in total. The van der Waals surface area contributed by atoms with Gasteiger partial charge in [0.25, 0.3) is 0 Å². The van der Waals surface area contributed by atoms with Crippen LogP contribution in [0.15, 0.2) is 30.5 Å². The molecule has 0 aliphatic heterocycles. The number of aromatic nitrogens is 2. The Labute approximate surface area is 176 Å². The number of anilines is 2. The van der Waals surface area contributed by atoms with Crippen LogP contribution < -0.4 is 16.4 Å². The van der Waals surface area contributed by atoms with E-state index in [1.807, 2.05) is 12.1 Å². The Balaban J connectivity index is 1.29. The molecule has 1 heterocycles. The molecule has 5 N–H and O–H groups in total. The van der Waals surface area contributed by atoms with Gasteiger partial charge in [-0.25, -0.2) is 4.98 Å². The zero-order chi connectivity index (χ0) is 20.7. The molecule has 4 saturated carbocycles. The number of hydrogen-bond donors (Lipinski definition) is 4. The molecule has 4 aliphatic rings. The summed E-state index contributed by atoms with van der Waals surface area (Å²) in [6.07, 6.45) is 7.75. The van der Waals surface area contributed by atoms with E-state index in [2.05, 4.69) is 26.7 Å². The first-order valence-electron chi connectivity index (χ1n) is 10.8. The van der Waals surface area contributed by atoms with E-state index in [1.165, 1.54) is 32.1 Å². The highest BCUT2D eigenvalue weighted by molar-refractivity contribution is 5.53. The van der Waals surface area contributed by atoms with Gasteiger partial charge in [-0.15, -0.1) is 0 Å². The fraction of sp³-hybridized carbons (Fsp3) is 0.522. The van der Waals surface area contributed by atoms with Gasteiger partial charge in [-0.05, 0) is 61.3 Å². The molecule has 0 amide bonds. The third-order valence-electron chi connectivity index (χ3n) is 7.44. The number of benzene rings is 1. The van der Waals surface area contributed by atoms with E-state index in [0.717, 1.165) is 18.0 Å². The van der Waals surface area contributed by atoms with Crippen LogP contribution in [0.4, 0.5) is 11.8 Å². The average molecular weight is 405 g/mol. The fourth-order valence-electron chi connectivity index (χ4n) is 6.24. The summed E-state index contributed by atoms with van der Waals surface area (Å²) < 4.78 is 0. The molecule has 6 rings (SSSR count). The number of hydrogen-bond acceptors (Lipinski definition) is 7. The third kappa shape index (κ3) is 3.46. The lowest BCUT2D eigenvalue weighted by Crippen LogP contribution is -2.58. The number of aromatic hydroxyl groups is 1. The maximum absolute atomic E-state index is 9.93. The van der Waals surface area contributed by atoms with E-state index >= 15 is 0 Å². The molecule has 1 aromatic carbocycles. The van der Waals surface area contributed by atoms with Crippen LogP contribution in [0.25, 0.3) is 0 Å². The summed E-state index contributed by atoms with van der Waals surface area (Å²) >= 11 is 0. The number of rotatable bonds is 6. The first kappa shape index (κ1) is 19.1. The van der Waals surface area contributed by atoms with Crippen LogP contribution in [0.1, 0.15) is 43.2 Å². The minimum Gasteiger partial charge on any atom is -0.508 e. The second kappa shape index (κ2) is 7.44. The number of para-hydroxylation sites is 1. The van der Waals surface area contributed by atoms with E-state index in [9.17, 15) is 10.4 Å². The van der Waals surface area contributed by atoms with E-state index in [-0.39, 0.29) is 11.2 Å². The Morgan fingerprint density at radius 1 is 1.17 bits per heavy atom. The zero-order valence-electron chi connectivity index (χ0n) is 17.0. The van der Waals surface area contributed by atoms with Gasteiger partial charge in [0, 0.05) is 24.7 Å². The van der Waals surface area contributed by atoms with Crippen molar-refractivity contribution in [1.82, 2.24) is 9.97 Å². The Bertz CT molecular complexity index is 970. The monoisotopic (exact) mass is 404 g/mol. The van der Waals surface area contributed by atoms with Gasteiger partial charge < -0.3 is 21.5 Å². The number of nitrogens with two attached hydrogens (primary N) is 1. The molecule has 156 valence electrons. The summed E-state index contributed by atoms with van der Waals surface area (Å²) in [4.78, 5) is 8.81. The van der Waals surface area contributed by atoms with Gasteiger partial charge in [0.2, 0.25) is 5.95 Å². The second-order valence-electron chi connectivity index (χ2n) is 9.45. The standard InChI is InChI=1S/C23H28N6O/c24-10-18-12-27-22(26-11-15-3-1-2-4-19(15)30)29-21(18)28-13-23-7-14-5-16(8-23)20(25)17(6-14)9-23/h1-4,12,14,16-17,20,30H,5-9,11,13,25H2,(H2,26,27,28,29)/t14?,16-,17+,20-,23-. The van der Waals surface area contributed by atoms with Crippen molar-refractivity contribution < 1.29 is 5.11 Å². The Hall–Kier alpha value is -2.85. The van der Waals surface area contributed by atoms with Crippen LogP contribution in [-0.2, 0) is 6.54 Å². The number of nitrogens with zero attached hydrogens (tertiary/aromatic N) is 3. The molecule has 1 aromatic heterocycles. The quantitative estimate of drug-likeness (QED) is 0.583. The Morgan fingerprint density at radius 3 is 2.67 bits per heavy atom. The minimum atomic E-state index is 0.233. The molecule has 5 atom stereocenters. The van der Waals surface area contributed by atoms with E-state index in [4.69, 9.17) is 5.73 Å².